The molecular formula is C15H11ClO4. The molecular weight excluding hydrogens is 280 g/mol. The van der Waals surface area contributed by atoms with Crippen molar-refractivity contribution in [2.75, 3.05) is 6.79 Å². The zero-order valence-corrected chi connectivity index (χ0v) is 11.1. The summed E-state index contributed by atoms with van der Waals surface area (Å²) in [5.41, 5.74) is 0.869. The number of hydrogen-bond donors (Lipinski definition) is 1. The molecule has 0 bridgehead atoms. The molecule has 0 aliphatic carbocycles. The van der Waals surface area contributed by atoms with Crippen LogP contribution in [0, 0.1) is 0 Å². The standard InChI is InChI=1S/C15H11ClO4/c16-11-4-1-9(2-5-11)14(17)15(18)10-3-6-12-13(7-10)20-8-19-12/h1-7,14,17H,8H2. The minimum atomic E-state index is -1.23. The maximum atomic E-state index is 12.3. The van der Waals surface area contributed by atoms with E-state index in [2.05, 4.69) is 0 Å². The van der Waals surface area contributed by atoms with E-state index in [-0.39, 0.29) is 6.79 Å². The fraction of sp³-hybridized carbons (Fsp3) is 0.133. The van der Waals surface area contributed by atoms with E-state index in [0.717, 1.165) is 0 Å². The third-order valence-electron chi connectivity index (χ3n) is 3.09. The van der Waals surface area contributed by atoms with E-state index in [1.807, 2.05) is 0 Å². The van der Waals surface area contributed by atoms with Crippen molar-refractivity contribution in [3.05, 3.63) is 58.6 Å². The molecule has 5 heteroatoms. The molecule has 1 aliphatic heterocycles. The fourth-order valence-corrected chi connectivity index (χ4v) is 2.13. The van der Waals surface area contributed by atoms with Gasteiger partial charge in [0.1, 0.15) is 6.10 Å². The van der Waals surface area contributed by atoms with Crippen molar-refractivity contribution < 1.29 is 19.4 Å². The van der Waals surface area contributed by atoms with Crippen LogP contribution in [0.5, 0.6) is 11.5 Å². The topological polar surface area (TPSA) is 55.8 Å². The zero-order valence-electron chi connectivity index (χ0n) is 10.4. The number of Topliss-reactive ketones (excluding diaryl/α,β-unsaturated/α-hetero) is 1. The van der Waals surface area contributed by atoms with Crippen LogP contribution in [0.1, 0.15) is 22.0 Å². The molecule has 1 N–H and O–H groups in total. The van der Waals surface area contributed by atoms with E-state index in [9.17, 15) is 9.90 Å². The average molecular weight is 291 g/mol. The van der Waals surface area contributed by atoms with Crippen LogP contribution in [0.25, 0.3) is 0 Å². The molecule has 20 heavy (non-hydrogen) atoms. The molecule has 0 amide bonds. The van der Waals surface area contributed by atoms with Crippen LogP contribution in [0.4, 0.5) is 0 Å². The number of fused-ring (bicyclic) bond motifs is 1. The normalized spacial score (nSPS) is 14.1. The summed E-state index contributed by atoms with van der Waals surface area (Å²) in [4.78, 5) is 12.3. The third-order valence-corrected chi connectivity index (χ3v) is 3.34. The third kappa shape index (κ3) is 2.35. The summed E-state index contributed by atoms with van der Waals surface area (Å²) in [7, 11) is 0. The summed E-state index contributed by atoms with van der Waals surface area (Å²) in [5, 5.41) is 10.7. The Bertz CT molecular complexity index is 651. The Hall–Kier alpha value is -2.04. The van der Waals surface area contributed by atoms with Crippen LogP contribution < -0.4 is 9.47 Å². The first-order valence-corrected chi connectivity index (χ1v) is 6.40. The molecule has 1 unspecified atom stereocenters. The highest BCUT2D eigenvalue weighted by Crippen LogP contribution is 2.33. The van der Waals surface area contributed by atoms with Crippen molar-refractivity contribution in [1.29, 1.82) is 0 Å². The average Bonchev–Trinajstić information content (AvgIpc) is 2.94. The number of ether oxygens (including phenoxy) is 2. The van der Waals surface area contributed by atoms with Gasteiger partial charge in [-0.05, 0) is 35.9 Å². The van der Waals surface area contributed by atoms with Crippen LogP contribution in [-0.4, -0.2) is 17.7 Å². The first kappa shape index (κ1) is 13.0. The van der Waals surface area contributed by atoms with Gasteiger partial charge in [-0.1, -0.05) is 23.7 Å². The molecule has 0 saturated heterocycles. The summed E-state index contributed by atoms with van der Waals surface area (Å²) >= 11 is 5.78. The molecule has 0 spiro atoms. The van der Waals surface area contributed by atoms with Gasteiger partial charge in [-0.25, -0.2) is 0 Å². The predicted octanol–water partition coefficient (Wildman–Crippen LogP) is 2.99. The van der Waals surface area contributed by atoms with Gasteiger partial charge < -0.3 is 14.6 Å². The van der Waals surface area contributed by atoms with Crippen molar-refractivity contribution in [3.8, 4) is 11.5 Å². The Kier molecular flexibility index (Phi) is 3.34. The van der Waals surface area contributed by atoms with Gasteiger partial charge in [-0.3, -0.25) is 4.79 Å². The molecule has 2 aromatic carbocycles. The van der Waals surface area contributed by atoms with E-state index in [1.165, 1.54) is 0 Å². The molecule has 1 aliphatic rings. The highest BCUT2D eigenvalue weighted by Gasteiger charge is 2.22. The van der Waals surface area contributed by atoms with Gasteiger partial charge in [-0.15, -0.1) is 0 Å². The number of aliphatic hydroxyl groups is 1. The van der Waals surface area contributed by atoms with E-state index in [4.69, 9.17) is 21.1 Å². The number of aliphatic hydroxyl groups excluding tert-OH is 1. The fourth-order valence-electron chi connectivity index (χ4n) is 2.00. The molecule has 1 heterocycles. The number of carbonyl (C=O) groups is 1. The Morgan fingerprint density at radius 1 is 1.10 bits per heavy atom. The number of carbonyl (C=O) groups excluding carboxylic acids is 1. The quantitative estimate of drug-likeness (QED) is 0.883. The smallest absolute Gasteiger partial charge is 0.231 e. The monoisotopic (exact) mass is 290 g/mol. The van der Waals surface area contributed by atoms with Gasteiger partial charge in [0.05, 0.1) is 0 Å². The van der Waals surface area contributed by atoms with Gasteiger partial charge in [-0.2, -0.15) is 0 Å². The van der Waals surface area contributed by atoms with Crippen LogP contribution >= 0.6 is 11.6 Å². The van der Waals surface area contributed by atoms with Crippen molar-refractivity contribution in [2.24, 2.45) is 0 Å². The van der Waals surface area contributed by atoms with Crippen LogP contribution in [0.15, 0.2) is 42.5 Å². The lowest BCUT2D eigenvalue weighted by atomic mass is 10.00. The number of rotatable bonds is 3. The lowest BCUT2D eigenvalue weighted by Crippen LogP contribution is -2.12. The van der Waals surface area contributed by atoms with Crippen molar-refractivity contribution in [1.82, 2.24) is 0 Å². The van der Waals surface area contributed by atoms with E-state index in [1.54, 1.807) is 42.5 Å². The molecule has 2 aromatic rings. The lowest BCUT2D eigenvalue weighted by Gasteiger charge is -2.10. The van der Waals surface area contributed by atoms with E-state index < -0.39 is 11.9 Å². The highest BCUT2D eigenvalue weighted by atomic mass is 35.5. The molecule has 0 aromatic heterocycles. The largest absolute Gasteiger partial charge is 0.454 e. The zero-order chi connectivity index (χ0) is 14.1. The van der Waals surface area contributed by atoms with Gasteiger partial charge in [0.25, 0.3) is 0 Å². The first-order chi connectivity index (χ1) is 9.65. The molecule has 3 rings (SSSR count). The lowest BCUT2D eigenvalue weighted by molar-refractivity contribution is 0.0747. The number of benzene rings is 2. The van der Waals surface area contributed by atoms with Gasteiger partial charge in [0.15, 0.2) is 17.3 Å². The number of hydrogen-bond acceptors (Lipinski definition) is 4. The van der Waals surface area contributed by atoms with Crippen LogP contribution in [0.3, 0.4) is 0 Å². The second kappa shape index (κ2) is 5.15. The molecule has 0 radical (unpaired) electrons. The molecule has 102 valence electrons. The highest BCUT2D eigenvalue weighted by molar-refractivity contribution is 6.30. The van der Waals surface area contributed by atoms with E-state index in [0.29, 0.717) is 27.6 Å². The minimum Gasteiger partial charge on any atom is -0.454 e. The van der Waals surface area contributed by atoms with Crippen molar-refractivity contribution in [2.45, 2.75) is 6.10 Å². The SMILES string of the molecule is O=C(c1ccc2c(c1)OCO2)C(O)c1ccc(Cl)cc1. The summed E-state index contributed by atoms with van der Waals surface area (Å²) in [6.07, 6.45) is -1.23. The second-order valence-electron chi connectivity index (χ2n) is 4.39. The summed E-state index contributed by atoms with van der Waals surface area (Å²) in [6.45, 7) is 0.146. The second-order valence-corrected chi connectivity index (χ2v) is 4.82. The maximum Gasteiger partial charge on any atom is 0.231 e. The van der Waals surface area contributed by atoms with E-state index >= 15 is 0 Å². The predicted molar refractivity (Wildman–Crippen MR) is 73.3 cm³/mol. The Morgan fingerprint density at radius 3 is 2.55 bits per heavy atom. The van der Waals surface area contributed by atoms with Crippen LogP contribution in [0.2, 0.25) is 5.02 Å². The van der Waals surface area contributed by atoms with Gasteiger partial charge >= 0.3 is 0 Å². The molecule has 0 fully saturated rings. The maximum absolute atomic E-state index is 12.3. The summed E-state index contributed by atoms with van der Waals surface area (Å²) in [6, 6.07) is 11.3. The van der Waals surface area contributed by atoms with Gasteiger partial charge in [0, 0.05) is 10.6 Å². The summed E-state index contributed by atoms with van der Waals surface area (Å²) in [5.74, 6) is 0.715. The van der Waals surface area contributed by atoms with Crippen molar-refractivity contribution in [3.63, 3.8) is 0 Å². The first-order valence-electron chi connectivity index (χ1n) is 6.02. The Labute approximate surface area is 120 Å². The van der Waals surface area contributed by atoms with Crippen LogP contribution in [-0.2, 0) is 0 Å². The Morgan fingerprint density at radius 2 is 1.80 bits per heavy atom. The molecule has 0 saturated carbocycles. The molecule has 4 nitrogen and oxygen atoms in total. The van der Waals surface area contributed by atoms with Crippen molar-refractivity contribution >= 4 is 17.4 Å². The Balaban J connectivity index is 1.86. The van der Waals surface area contributed by atoms with Gasteiger partial charge in [0.2, 0.25) is 6.79 Å². The molecule has 1 atom stereocenters. The number of halogens is 1. The minimum absolute atomic E-state index is 0.146. The summed E-state index contributed by atoms with van der Waals surface area (Å²) < 4.78 is 10.4. The number of ketones is 1.